The summed E-state index contributed by atoms with van der Waals surface area (Å²) in [5, 5.41) is 13.5. The third kappa shape index (κ3) is 6.60. The van der Waals surface area contributed by atoms with Crippen LogP contribution in [0.1, 0.15) is 63.8 Å². The lowest BCUT2D eigenvalue weighted by Crippen LogP contribution is -2.34. The second-order valence-electron chi connectivity index (χ2n) is 11.4. The van der Waals surface area contributed by atoms with Gasteiger partial charge in [-0.05, 0) is 79.4 Å². The molecule has 0 saturated carbocycles. The molecule has 2 aliphatic heterocycles. The number of carbonyl (C=O) groups is 2. The monoisotopic (exact) mass is 578 g/mol. The minimum atomic E-state index is -0.964. The van der Waals surface area contributed by atoms with Crippen molar-refractivity contribution in [3.63, 3.8) is 0 Å². The smallest absolute Gasteiger partial charge is 0.328 e. The van der Waals surface area contributed by atoms with Gasteiger partial charge in [-0.25, -0.2) is 13.9 Å². The molecule has 0 aliphatic carbocycles. The maximum absolute atomic E-state index is 14.0. The molecule has 3 aromatic carbocycles. The number of amides is 1. The van der Waals surface area contributed by atoms with E-state index in [-0.39, 0.29) is 17.6 Å². The van der Waals surface area contributed by atoms with Crippen molar-refractivity contribution in [2.45, 2.75) is 37.6 Å². The first kappa shape index (κ1) is 28.6. The van der Waals surface area contributed by atoms with E-state index in [1.54, 1.807) is 24.4 Å². The largest absolute Gasteiger partial charge is 0.478 e. The molecule has 0 radical (unpaired) electrons. The highest BCUT2D eigenvalue weighted by atomic mass is 19.1. The number of likely N-dealkylation sites (tertiary alicyclic amines) is 2. The molecule has 1 aromatic heterocycles. The maximum Gasteiger partial charge on any atom is 0.328 e. The van der Waals surface area contributed by atoms with Crippen LogP contribution in [0.3, 0.4) is 0 Å². The summed E-state index contributed by atoms with van der Waals surface area (Å²) >= 11 is 0. The van der Waals surface area contributed by atoms with Gasteiger partial charge in [0.05, 0.1) is 23.1 Å². The summed E-state index contributed by atoms with van der Waals surface area (Å²) in [7, 11) is 0. The summed E-state index contributed by atoms with van der Waals surface area (Å²) in [5.74, 6) is -0.794. The van der Waals surface area contributed by atoms with E-state index in [1.807, 2.05) is 52.0 Å². The van der Waals surface area contributed by atoms with Gasteiger partial charge in [-0.1, -0.05) is 54.6 Å². The zero-order chi connectivity index (χ0) is 29.8. The molecule has 7 nitrogen and oxygen atoms in total. The molecule has 3 heterocycles. The number of rotatable bonds is 8. The van der Waals surface area contributed by atoms with Crippen LogP contribution in [0.2, 0.25) is 0 Å². The lowest BCUT2D eigenvalue weighted by atomic mass is 9.90. The Morgan fingerprint density at radius 1 is 0.884 bits per heavy atom. The van der Waals surface area contributed by atoms with Crippen LogP contribution in [-0.4, -0.2) is 62.7 Å². The van der Waals surface area contributed by atoms with Crippen LogP contribution >= 0.6 is 0 Å². The van der Waals surface area contributed by atoms with Crippen LogP contribution in [-0.2, 0) is 11.3 Å². The standard InChI is InChI=1S/C35H35FN4O3/c36-30-11-13-31(14-12-30)40-34(32(22-37-40)35(43)39-21-18-29(24-39)27-4-2-1-3-5-27)28-16-19-38(20-17-28)23-26-8-6-25(7-9-26)10-15-33(41)42/h1-15,22,28-29H,16-21,23-24H2,(H,41,42)/b15-10+/t29-/m0/s1. The Balaban J connectivity index is 1.18. The molecule has 2 aliphatic rings. The highest BCUT2D eigenvalue weighted by Crippen LogP contribution is 2.35. The van der Waals surface area contributed by atoms with Crippen molar-refractivity contribution < 1.29 is 19.1 Å². The first-order valence-electron chi connectivity index (χ1n) is 14.8. The molecule has 43 heavy (non-hydrogen) atoms. The number of halogens is 1. The fourth-order valence-electron chi connectivity index (χ4n) is 6.34. The molecule has 1 amide bonds. The third-order valence-corrected chi connectivity index (χ3v) is 8.63. The predicted octanol–water partition coefficient (Wildman–Crippen LogP) is 6.12. The number of aliphatic carboxylic acids is 1. The first-order chi connectivity index (χ1) is 20.9. The van der Waals surface area contributed by atoms with E-state index in [0.717, 1.165) is 61.9 Å². The Bertz CT molecular complexity index is 1590. The third-order valence-electron chi connectivity index (χ3n) is 8.63. The van der Waals surface area contributed by atoms with E-state index in [2.05, 4.69) is 22.1 Å². The Morgan fingerprint density at radius 2 is 1.58 bits per heavy atom. The molecule has 1 N–H and O–H groups in total. The van der Waals surface area contributed by atoms with Crippen molar-refractivity contribution in [1.29, 1.82) is 0 Å². The molecule has 0 bridgehead atoms. The Kier molecular flexibility index (Phi) is 8.47. The first-order valence-corrected chi connectivity index (χ1v) is 14.8. The van der Waals surface area contributed by atoms with Gasteiger partial charge in [0.15, 0.2) is 0 Å². The van der Waals surface area contributed by atoms with Crippen molar-refractivity contribution in [2.75, 3.05) is 26.2 Å². The van der Waals surface area contributed by atoms with Crippen molar-refractivity contribution in [3.05, 3.63) is 125 Å². The van der Waals surface area contributed by atoms with Gasteiger partial charge in [0.25, 0.3) is 5.91 Å². The quantitative estimate of drug-likeness (QED) is 0.255. The minimum Gasteiger partial charge on any atom is -0.478 e. The van der Waals surface area contributed by atoms with E-state index in [4.69, 9.17) is 5.11 Å². The topological polar surface area (TPSA) is 78.7 Å². The van der Waals surface area contributed by atoms with Gasteiger partial charge in [0.1, 0.15) is 5.82 Å². The molecule has 0 spiro atoms. The summed E-state index contributed by atoms with van der Waals surface area (Å²) in [6.07, 6.45) is 7.11. The molecule has 6 rings (SSSR count). The highest BCUT2D eigenvalue weighted by molar-refractivity contribution is 5.95. The number of piperidine rings is 1. The van der Waals surface area contributed by atoms with Crippen LogP contribution in [0, 0.1) is 5.82 Å². The van der Waals surface area contributed by atoms with Crippen LogP contribution in [0.5, 0.6) is 0 Å². The summed E-state index contributed by atoms with van der Waals surface area (Å²) in [6.45, 7) is 3.93. The predicted molar refractivity (Wildman–Crippen MR) is 164 cm³/mol. The van der Waals surface area contributed by atoms with Crippen LogP contribution < -0.4 is 0 Å². The Morgan fingerprint density at radius 3 is 2.28 bits per heavy atom. The summed E-state index contributed by atoms with van der Waals surface area (Å²) < 4.78 is 15.6. The maximum atomic E-state index is 14.0. The van der Waals surface area contributed by atoms with E-state index in [1.165, 1.54) is 23.3 Å². The van der Waals surface area contributed by atoms with Gasteiger partial charge in [0.2, 0.25) is 0 Å². The zero-order valence-electron chi connectivity index (χ0n) is 24.0. The molecule has 8 heteroatoms. The fourth-order valence-corrected chi connectivity index (χ4v) is 6.34. The number of hydrogen-bond acceptors (Lipinski definition) is 4. The zero-order valence-corrected chi connectivity index (χ0v) is 24.0. The van der Waals surface area contributed by atoms with Crippen LogP contribution in [0.15, 0.2) is 91.1 Å². The molecule has 2 fully saturated rings. The van der Waals surface area contributed by atoms with Gasteiger partial charge in [-0.15, -0.1) is 0 Å². The number of benzene rings is 3. The lowest BCUT2D eigenvalue weighted by molar-refractivity contribution is -0.131. The SMILES string of the molecule is O=C(O)/C=C/c1ccc(CN2CCC(c3c(C(=O)N4CC[C@H](c5ccccc5)C4)cnn3-c3ccc(F)cc3)CC2)cc1. The lowest BCUT2D eigenvalue weighted by Gasteiger charge is -2.33. The number of aromatic nitrogens is 2. The molecule has 220 valence electrons. The molecule has 2 saturated heterocycles. The minimum absolute atomic E-state index is 0.0151. The Labute approximate surface area is 250 Å². The second kappa shape index (κ2) is 12.8. The van der Waals surface area contributed by atoms with Crippen molar-refractivity contribution in [3.8, 4) is 5.69 Å². The molecular formula is C35H35FN4O3. The van der Waals surface area contributed by atoms with E-state index in [9.17, 15) is 14.0 Å². The number of carbonyl (C=O) groups excluding carboxylic acids is 1. The molecular weight excluding hydrogens is 543 g/mol. The number of carboxylic acids is 1. The van der Waals surface area contributed by atoms with E-state index >= 15 is 0 Å². The number of carboxylic acid groups (broad SMARTS) is 1. The number of hydrogen-bond donors (Lipinski definition) is 1. The van der Waals surface area contributed by atoms with Crippen LogP contribution in [0.25, 0.3) is 11.8 Å². The van der Waals surface area contributed by atoms with Gasteiger partial charge in [-0.2, -0.15) is 5.10 Å². The summed E-state index contributed by atoms with van der Waals surface area (Å²) in [6, 6.07) is 24.6. The average molecular weight is 579 g/mol. The van der Waals surface area contributed by atoms with E-state index in [0.29, 0.717) is 24.6 Å². The van der Waals surface area contributed by atoms with Crippen molar-refractivity contribution in [1.82, 2.24) is 19.6 Å². The summed E-state index contributed by atoms with van der Waals surface area (Å²) in [4.78, 5) is 29.1. The van der Waals surface area contributed by atoms with Crippen molar-refractivity contribution >= 4 is 18.0 Å². The highest BCUT2D eigenvalue weighted by Gasteiger charge is 2.34. The number of nitrogens with zero attached hydrogens (tertiary/aromatic N) is 4. The fraction of sp³-hybridized carbons (Fsp3) is 0.286. The normalized spacial score (nSPS) is 18.0. The van der Waals surface area contributed by atoms with Gasteiger partial charge in [0, 0.05) is 37.5 Å². The molecule has 1 atom stereocenters. The van der Waals surface area contributed by atoms with Crippen LogP contribution in [0.4, 0.5) is 4.39 Å². The Hall–Kier alpha value is -4.56. The average Bonchev–Trinajstić information content (AvgIpc) is 3.70. The molecule has 4 aromatic rings. The van der Waals surface area contributed by atoms with Gasteiger partial charge >= 0.3 is 5.97 Å². The molecule has 0 unspecified atom stereocenters. The van der Waals surface area contributed by atoms with E-state index < -0.39 is 5.97 Å². The summed E-state index contributed by atoms with van der Waals surface area (Å²) in [5.41, 5.74) is 5.58. The second-order valence-corrected chi connectivity index (χ2v) is 11.4. The van der Waals surface area contributed by atoms with Gasteiger partial charge < -0.3 is 10.0 Å². The van der Waals surface area contributed by atoms with Crippen molar-refractivity contribution in [2.24, 2.45) is 0 Å². The van der Waals surface area contributed by atoms with Gasteiger partial charge in [-0.3, -0.25) is 9.69 Å².